The van der Waals surface area contributed by atoms with Crippen LogP contribution in [0.15, 0.2) is 12.7 Å². The lowest BCUT2D eigenvalue weighted by molar-refractivity contribution is 0.0396. The van der Waals surface area contributed by atoms with Gasteiger partial charge >= 0.3 is 0 Å². The van der Waals surface area contributed by atoms with E-state index in [1.165, 1.54) is 0 Å². The van der Waals surface area contributed by atoms with Crippen molar-refractivity contribution in [3.05, 3.63) is 12.7 Å². The molecule has 0 rings (SSSR count). The highest BCUT2D eigenvalue weighted by Crippen LogP contribution is 1.98. The van der Waals surface area contributed by atoms with Crippen molar-refractivity contribution in [2.45, 2.75) is 19.1 Å². The largest absolute Gasteiger partial charge is 0.389 e. The lowest BCUT2D eigenvalue weighted by Crippen LogP contribution is -2.36. The molecule has 0 amide bonds. The molecule has 0 aromatic heterocycles. The number of ether oxygens (including phenoxy) is 1. The third kappa shape index (κ3) is 4.49. The molecular formula is C9H19NO2. The van der Waals surface area contributed by atoms with E-state index in [0.717, 1.165) is 0 Å². The molecule has 0 aromatic carbocycles. The van der Waals surface area contributed by atoms with E-state index in [2.05, 4.69) is 6.58 Å². The van der Waals surface area contributed by atoms with Crippen LogP contribution in [0.4, 0.5) is 0 Å². The third-order valence-corrected chi connectivity index (χ3v) is 1.89. The molecule has 0 heterocycles. The topological polar surface area (TPSA) is 32.7 Å². The predicted octanol–water partition coefficient (Wildman–Crippen LogP) is 0.500. The van der Waals surface area contributed by atoms with Gasteiger partial charge in [-0.25, -0.2) is 0 Å². The first-order valence-corrected chi connectivity index (χ1v) is 4.11. The van der Waals surface area contributed by atoms with Gasteiger partial charge in [0.2, 0.25) is 0 Å². The van der Waals surface area contributed by atoms with Gasteiger partial charge in [-0.15, -0.1) is 6.58 Å². The monoisotopic (exact) mass is 173 g/mol. The number of nitrogens with zero attached hydrogens (tertiary/aromatic N) is 1. The molecule has 0 aliphatic heterocycles. The number of aliphatic hydroxyl groups excluding tert-OH is 1. The number of aliphatic hydroxyl groups is 1. The van der Waals surface area contributed by atoms with Crippen molar-refractivity contribution in [3.8, 4) is 0 Å². The van der Waals surface area contributed by atoms with Crippen LogP contribution in [0.3, 0.4) is 0 Å². The Morgan fingerprint density at radius 3 is 2.67 bits per heavy atom. The van der Waals surface area contributed by atoms with Gasteiger partial charge in [-0.1, -0.05) is 6.08 Å². The van der Waals surface area contributed by atoms with Crippen molar-refractivity contribution >= 4 is 0 Å². The van der Waals surface area contributed by atoms with Gasteiger partial charge in [0.1, 0.15) is 0 Å². The fourth-order valence-corrected chi connectivity index (χ4v) is 0.924. The Morgan fingerprint density at radius 2 is 2.25 bits per heavy atom. The normalized spacial score (nSPS) is 16.1. The smallest absolute Gasteiger partial charge is 0.0900 e. The van der Waals surface area contributed by atoms with Gasteiger partial charge in [0, 0.05) is 19.7 Å². The van der Waals surface area contributed by atoms with Crippen LogP contribution in [0, 0.1) is 0 Å². The lowest BCUT2D eigenvalue weighted by atomic mass is 10.2. The van der Waals surface area contributed by atoms with Crippen molar-refractivity contribution in [1.29, 1.82) is 0 Å². The van der Waals surface area contributed by atoms with Crippen LogP contribution in [-0.4, -0.2) is 49.5 Å². The first-order chi connectivity index (χ1) is 5.61. The van der Waals surface area contributed by atoms with E-state index in [9.17, 15) is 5.11 Å². The van der Waals surface area contributed by atoms with Crippen LogP contribution in [0.1, 0.15) is 6.92 Å². The second-order valence-electron chi connectivity index (χ2n) is 3.03. The number of hydrogen-bond acceptors (Lipinski definition) is 3. The Hall–Kier alpha value is -0.380. The fraction of sp³-hybridized carbons (Fsp3) is 0.778. The number of methoxy groups -OCH3 is 1. The quantitative estimate of drug-likeness (QED) is 0.594. The molecule has 3 nitrogen and oxygen atoms in total. The minimum Gasteiger partial charge on any atom is -0.389 e. The SMILES string of the molecule is C=CC(C)N(C)CC(O)COC. The minimum absolute atomic E-state index is 0.288. The van der Waals surface area contributed by atoms with E-state index >= 15 is 0 Å². The molecule has 0 aliphatic carbocycles. The molecule has 0 bridgehead atoms. The maximum Gasteiger partial charge on any atom is 0.0900 e. The van der Waals surface area contributed by atoms with E-state index < -0.39 is 6.10 Å². The first kappa shape index (κ1) is 11.6. The van der Waals surface area contributed by atoms with Gasteiger partial charge in [-0.3, -0.25) is 4.90 Å². The van der Waals surface area contributed by atoms with E-state index in [4.69, 9.17) is 4.74 Å². The number of hydrogen-bond donors (Lipinski definition) is 1. The zero-order valence-corrected chi connectivity index (χ0v) is 8.16. The average molecular weight is 173 g/mol. The molecule has 2 atom stereocenters. The zero-order valence-electron chi connectivity index (χ0n) is 8.16. The minimum atomic E-state index is -0.414. The molecule has 12 heavy (non-hydrogen) atoms. The third-order valence-electron chi connectivity index (χ3n) is 1.89. The van der Waals surface area contributed by atoms with Crippen LogP contribution in [0.2, 0.25) is 0 Å². The average Bonchev–Trinajstić information content (AvgIpc) is 2.03. The van der Waals surface area contributed by atoms with E-state index in [1.54, 1.807) is 7.11 Å². The second kappa shape index (κ2) is 6.17. The fourth-order valence-electron chi connectivity index (χ4n) is 0.924. The van der Waals surface area contributed by atoms with Crippen molar-refractivity contribution < 1.29 is 9.84 Å². The summed E-state index contributed by atoms with van der Waals surface area (Å²) in [7, 11) is 3.53. The molecular weight excluding hydrogens is 154 g/mol. The van der Waals surface area contributed by atoms with E-state index in [0.29, 0.717) is 13.2 Å². The van der Waals surface area contributed by atoms with Crippen molar-refractivity contribution in [2.24, 2.45) is 0 Å². The standard InChI is InChI=1S/C9H19NO2/c1-5-8(2)10(3)6-9(11)7-12-4/h5,8-9,11H,1,6-7H2,2-4H3. The Morgan fingerprint density at radius 1 is 1.67 bits per heavy atom. The summed E-state index contributed by atoms with van der Waals surface area (Å²) in [5.41, 5.74) is 0. The summed E-state index contributed by atoms with van der Waals surface area (Å²) in [5, 5.41) is 9.36. The van der Waals surface area contributed by atoms with Gasteiger partial charge in [0.25, 0.3) is 0 Å². The van der Waals surface area contributed by atoms with Crippen molar-refractivity contribution in [1.82, 2.24) is 4.90 Å². The Kier molecular flexibility index (Phi) is 5.98. The van der Waals surface area contributed by atoms with Gasteiger partial charge in [0.15, 0.2) is 0 Å². The molecule has 0 saturated heterocycles. The second-order valence-corrected chi connectivity index (χ2v) is 3.03. The molecule has 0 spiro atoms. The molecule has 1 N–H and O–H groups in total. The van der Waals surface area contributed by atoms with Gasteiger partial charge in [-0.05, 0) is 14.0 Å². The number of rotatable bonds is 6. The summed E-state index contributed by atoms with van der Waals surface area (Å²) in [5.74, 6) is 0. The van der Waals surface area contributed by atoms with Gasteiger partial charge in [-0.2, -0.15) is 0 Å². The summed E-state index contributed by atoms with van der Waals surface area (Å²) in [6.07, 6.45) is 1.43. The maximum atomic E-state index is 9.36. The molecule has 0 fully saturated rings. The molecule has 0 saturated carbocycles. The molecule has 0 aliphatic rings. The van der Waals surface area contributed by atoms with Crippen LogP contribution in [-0.2, 0) is 4.74 Å². The predicted molar refractivity (Wildman–Crippen MR) is 50.2 cm³/mol. The summed E-state index contributed by atoms with van der Waals surface area (Å²) in [4.78, 5) is 2.02. The summed E-state index contributed by atoms with van der Waals surface area (Å²) in [6.45, 7) is 6.71. The maximum absolute atomic E-state index is 9.36. The van der Waals surface area contributed by atoms with Crippen LogP contribution in [0.25, 0.3) is 0 Å². The first-order valence-electron chi connectivity index (χ1n) is 4.11. The Labute approximate surface area is 74.6 Å². The summed E-state index contributed by atoms with van der Waals surface area (Å²) < 4.78 is 4.82. The van der Waals surface area contributed by atoms with Crippen molar-refractivity contribution in [3.63, 3.8) is 0 Å². The summed E-state index contributed by atoms with van der Waals surface area (Å²) in [6, 6.07) is 0.288. The van der Waals surface area contributed by atoms with E-state index in [-0.39, 0.29) is 6.04 Å². The highest BCUT2D eigenvalue weighted by atomic mass is 16.5. The molecule has 0 radical (unpaired) electrons. The Balaban J connectivity index is 3.66. The van der Waals surface area contributed by atoms with Crippen molar-refractivity contribution in [2.75, 3.05) is 27.3 Å². The molecule has 72 valence electrons. The molecule has 3 heteroatoms. The van der Waals surface area contributed by atoms with E-state index in [1.807, 2.05) is 24.9 Å². The van der Waals surface area contributed by atoms with Crippen LogP contribution >= 0.6 is 0 Å². The zero-order chi connectivity index (χ0) is 9.56. The molecule has 2 unspecified atom stereocenters. The Bertz CT molecular complexity index is 128. The van der Waals surface area contributed by atoms with Gasteiger partial charge in [0.05, 0.1) is 12.7 Å². The summed E-state index contributed by atoms with van der Waals surface area (Å²) >= 11 is 0. The van der Waals surface area contributed by atoms with Crippen LogP contribution in [0.5, 0.6) is 0 Å². The lowest BCUT2D eigenvalue weighted by Gasteiger charge is -2.24. The highest BCUT2D eigenvalue weighted by molar-refractivity contribution is 4.83. The van der Waals surface area contributed by atoms with Gasteiger partial charge < -0.3 is 9.84 Å². The highest BCUT2D eigenvalue weighted by Gasteiger charge is 2.10. The number of likely N-dealkylation sites (N-methyl/N-ethyl adjacent to an activating group) is 1. The molecule has 0 aromatic rings. The van der Waals surface area contributed by atoms with Crippen LogP contribution < -0.4 is 0 Å².